The maximum Gasteiger partial charge on any atom is 0.143 e. The minimum Gasteiger partial charge on any atom is -0.266 e. The van der Waals surface area contributed by atoms with Crippen molar-refractivity contribution in [2.75, 3.05) is 5.01 Å². The van der Waals surface area contributed by atoms with E-state index in [1.54, 1.807) is 18.2 Å². The first-order chi connectivity index (χ1) is 5.74. The van der Waals surface area contributed by atoms with Crippen molar-refractivity contribution in [3.8, 4) is 0 Å². The molecule has 0 fully saturated rings. The lowest BCUT2D eigenvalue weighted by Gasteiger charge is -2.10. The number of nitrogens with zero attached hydrogens (tertiary/aromatic N) is 2. The zero-order valence-corrected chi connectivity index (χ0v) is 7.70. The third-order valence-corrected chi connectivity index (χ3v) is 1.77. The second kappa shape index (κ2) is 4.18. The summed E-state index contributed by atoms with van der Waals surface area (Å²) in [7, 11) is 0. The van der Waals surface area contributed by atoms with Crippen LogP contribution in [0.25, 0.3) is 0 Å². The Labute approximate surface area is 77.7 Å². The van der Waals surface area contributed by atoms with E-state index >= 15 is 0 Å². The smallest absolute Gasteiger partial charge is 0.143 e. The molecule has 1 aromatic rings. The van der Waals surface area contributed by atoms with E-state index in [4.69, 9.17) is 5.84 Å². The molecule has 3 nitrogen and oxygen atoms in total. The summed E-state index contributed by atoms with van der Waals surface area (Å²) in [4.78, 5) is 0. The quantitative estimate of drug-likeness (QED) is 0.367. The minimum absolute atomic E-state index is 0.658. The van der Waals surface area contributed by atoms with Gasteiger partial charge in [0.05, 0.1) is 5.69 Å². The fourth-order valence-electron chi connectivity index (χ4n) is 0.750. The normalized spacial score (nSPS) is 10.6. The SMILES string of the molecule is NN(C=NF)c1cccc(Br)c1. The number of anilines is 1. The van der Waals surface area contributed by atoms with Crippen molar-refractivity contribution in [1.29, 1.82) is 0 Å². The zero-order chi connectivity index (χ0) is 8.97. The summed E-state index contributed by atoms with van der Waals surface area (Å²) in [5, 5.41) is 3.39. The Balaban J connectivity index is 2.87. The van der Waals surface area contributed by atoms with Crippen LogP contribution in [0.3, 0.4) is 0 Å². The Hall–Kier alpha value is -0.940. The van der Waals surface area contributed by atoms with Gasteiger partial charge in [-0.25, -0.2) is 5.84 Å². The Bertz CT molecular complexity index is 290. The van der Waals surface area contributed by atoms with Gasteiger partial charge in [-0.1, -0.05) is 31.7 Å². The van der Waals surface area contributed by atoms with Crippen LogP contribution in [0.2, 0.25) is 0 Å². The van der Waals surface area contributed by atoms with Gasteiger partial charge in [-0.2, -0.15) is 0 Å². The second-order valence-corrected chi connectivity index (χ2v) is 3.02. The van der Waals surface area contributed by atoms with Gasteiger partial charge in [-0.3, -0.25) is 5.01 Å². The van der Waals surface area contributed by atoms with Gasteiger partial charge in [0.15, 0.2) is 0 Å². The molecule has 0 aliphatic carbocycles. The van der Waals surface area contributed by atoms with Gasteiger partial charge >= 0.3 is 0 Å². The topological polar surface area (TPSA) is 41.6 Å². The van der Waals surface area contributed by atoms with E-state index in [0.29, 0.717) is 5.69 Å². The predicted octanol–water partition coefficient (Wildman–Crippen LogP) is 2.04. The molecule has 0 atom stereocenters. The largest absolute Gasteiger partial charge is 0.266 e. The number of hydrogen-bond acceptors (Lipinski definition) is 2. The third-order valence-electron chi connectivity index (χ3n) is 1.27. The van der Waals surface area contributed by atoms with Gasteiger partial charge in [0.1, 0.15) is 6.34 Å². The van der Waals surface area contributed by atoms with Crippen LogP contribution in [-0.4, -0.2) is 6.34 Å². The molecule has 0 spiro atoms. The summed E-state index contributed by atoms with van der Waals surface area (Å²) in [6.07, 6.45) is 0.891. The van der Waals surface area contributed by atoms with Crippen LogP contribution in [0.4, 0.5) is 10.2 Å². The number of halogens is 2. The predicted molar refractivity (Wildman–Crippen MR) is 50.4 cm³/mol. The summed E-state index contributed by atoms with van der Waals surface area (Å²) in [5.41, 5.74) is 0.658. The molecule has 0 amide bonds. The van der Waals surface area contributed by atoms with Gasteiger partial charge in [0.25, 0.3) is 0 Å². The first-order valence-electron chi connectivity index (χ1n) is 3.18. The maximum absolute atomic E-state index is 11.5. The fraction of sp³-hybridized carbons (Fsp3) is 0. The van der Waals surface area contributed by atoms with Crippen LogP contribution < -0.4 is 10.9 Å². The van der Waals surface area contributed by atoms with Crippen molar-refractivity contribution in [2.45, 2.75) is 0 Å². The summed E-state index contributed by atoms with van der Waals surface area (Å²) < 4.78 is 12.3. The van der Waals surface area contributed by atoms with E-state index in [2.05, 4.69) is 21.1 Å². The summed E-state index contributed by atoms with van der Waals surface area (Å²) in [6.45, 7) is 0. The summed E-state index contributed by atoms with van der Waals surface area (Å²) >= 11 is 3.26. The average molecular weight is 232 g/mol. The lowest BCUT2D eigenvalue weighted by atomic mass is 10.3. The van der Waals surface area contributed by atoms with Gasteiger partial charge in [-0.05, 0) is 18.2 Å². The van der Waals surface area contributed by atoms with Crippen LogP contribution in [-0.2, 0) is 0 Å². The Morgan fingerprint density at radius 2 is 2.33 bits per heavy atom. The van der Waals surface area contributed by atoms with Crippen molar-refractivity contribution < 1.29 is 4.48 Å². The summed E-state index contributed by atoms with van der Waals surface area (Å²) in [6, 6.07) is 7.14. The molecule has 2 N–H and O–H groups in total. The number of benzene rings is 1. The molecular weight excluding hydrogens is 225 g/mol. The van der Waals surface area contributed by atoms with Crippen molar-refractivity contribution in [3.63, 3.8) is 0 Å². The molecule has 0 aromatic heterocycles. The Morgan fingerprint density at radius 1 is 1.58 bits per heavy atom. The Kier molecular flexibility index (Phi) is 3.19. The Morgan fingerprint density at radius 3 is 2.92 bits per heavy atom. The minimum atomic E-state index is 0.658. The van der Waals surface area contributed by atoms with E-state index in [0.717, 1.165) is 15.8 Å². The lowest BCUT2D eigenvalue weighted by molar-refractivity contribution is 0.539. The molecule has 0 aliphatic rings. The highest BCUT2D eigenvalue weighted by molar-refractivity contribution is 9.10. The highest BCUT2D eigenvalue weighted by atomic mass is 79.9. The molecule has 64 valence electrons. The number of nitrogens with two attached hydrogens (primary N) is 1. The van der Waals surface area contributed by atoms with E-state index in [-0.39, 0.29) is 0 Å². The molecular formula is C7H7BrFN3. The van der Waals surface area contributed by atoms with Gasteiger partial charge in [0.2, 0.25) is 0 Å². The molecule has 0 heterocycles. The molecule has 0 bridgehead atoms. The number of rotatable bonds is 2. The molecule has 0 unspecified atom stereocenters. The highest BCUT2D eigenvalue weighted by Gasteiger charge is 1.97. The molecule has 5 heteroatoms. The van der Waals surface area contributed by atoms with Crippen molar-refractivity contribution in [3.05, 3.63) is 28.7 Å². The first kappa shape index (κ1) is 9.15. The molecule has 1 aromatic carbocycles. The van der Waals surface area contributed by atoms with Crippen molar-refractivity contribution in [2.24, 2.45) is 11.1 Å². The van der Waals surface area contributed by atoms with Crippen LogP contribution in [0.1, 0.15) is 0 Å². The molecule has 0 aliphatic heterocycles. The van der Waals surface area contributed by atoms with Crippen molar-refractivity contribution >= 4 is 28.0 Å². The number of hydrogen-bond donors (Lipinski definition) is 1. The molecule has 0 saturated heterocycles. The standard InChI is InChI=1S/C7H7BrFN3/c8-6-2-1-3-7(4-6)12(10)5-11-9/h1-5H,10H2. The maximum atomic E-state index is 11.5. The average Bonchev–Trinajstić information content (AvgIpc) is 2.05. The van der Waals surface area contributed by atoms with E-state index in [1.165, 1.54) is 0 Å². The van der Waals surface area contributed by atoms with Crippen molar-refractivity contribution in [1.82, 2.24) is 0 Å². The first-order valence-corrected chi connectivity index (χ1v) is 3.97. The monoisotopic (exact) mass is 231 g/mol. The van der Waals surface area contributed by atoms with Gasteiger partial charge < -0.3 is 0 Å². The van der Waals surface area contributed by atoms with Crippen LogP contribution in [0.15, 0.2) is 34.0 Å². The zero-order valence-electron chi connectivity index (χ0n) is 6.11. The van der Waals surface area contributed by atoms with E-state index in [9.17, 15) is 4.48 Å². The second-order valence-electron chi connectivity index (χ2n) is 2.10. The third kappa shape index (κ3) is 2.28. The molecule has 0 radical (unpaired) electrons. The fourth-order valence-corrected chi connectivity index (χ4v) is 1.14. The summed E-state index contributed by atoms with van der Waals surface area (Å²) in [5.74, 6) is 5.40. The molecule has 1 rings (SSSR count). The molecule has 12 heavy (non-hydrogen) atoms. The van der Waals surface area contributed by atoms with Crippen LogP contribution in [0.5, 0.6) is 0 Å². The van der Waals surface area contributed by atoms with E-state index < -0.39 is 0 Å². The van der Waals surface area contributed by atoms with Gasteiger partial charge in [-0.15, -0.1) is 0 Å². The van der Waals surface area contributed by atoms with Crippen LogP contribution >= 0.6 is 15.9 Å². The highest BCUT2D eigenvalue weighted by Crippen LogP contribution is 2.16. The van der Waals surface area contributed by atoms with Crippen LogP contribution in [0, 0.1) is 0 Å². The van der Waals surface area contributed by atoms with E-state index in [1.807, 2.05) is 6.07 Å². The van der Waals surface area contributed by atoms with Gasteiger partial charge in [0, 0.05) is 4.47 Å². The number of hydrazine groups is 1. The lowest BCUT2D eigenvalue weighted by Crippen LogP contribution is -2.28. The molecule has 0 saturated carbocycles.